The molecule has 0 radical (unpaired) electrons. The van der Waals surface area contributed by atoms with E-state index in [1.54, 1.807) is 12.2 Å². The van der Waals surface area contributed by atoms with Crippen molar-refractivity contribution in [1.82, 2.24) is 0 Å². The van der Waals surface area contributed by atoms with Crippen LogP contribution in [0.25, 0.3) is 0 Å². The third-order valence-corrected chi connectivity index (χ3v) is 3.09. The number of ketones is 2. The lowest BCUT2D eigenvalue weighted by Gasteiger charge is -2.22. The molecule has 2 rings (SSSR count). The summed E-state index contributed by atoms with van der Waals surface area (Å²) in [4.78, 5) is 22.1. The summed E-state index contributed by atoms with van der Waals surface area (Å²) in [6.45, 7) is 0. The van der Waals surface area contributed by atoms with Gasteiger partial charge in [-0.2, -0.15) is 0 Å². The van der Waals surface area contributed by atoms with Crippen molar-refractivity contribution in [2.45, 2.75) is 10.5 Å². The molecule has 11 heavy (non-hydrogen) atoms. The van der Waals surface area contributed by atoms with E-state index in [9.17, 15) is 9.59 Å². The predicted octanol–water partition coefficient (Wildman–Crippen LogP) is 0.735. The van der Waals surface area contributed by atoms with E-state index in [1.807, 2.05) is 0 Å². The maximum absolute atomic E-state index is 11.0. The Balaban J connectivity index is 2.38. The molecule has 0 N–H and O–H groups in total. The van der Waals surface area contributed by atoms with Crippen LogP contribution in [-0.4, -0.2) is 22.1 Å². The quantitative estimate of drug-likeness (QED) is 0.532. The fraction of sp³-hybridized carbons (Fsp3) is 0.250. The van der Waals surface area contributed by atoms with Crippen LogP contribution in [0.5, 0.6) is 0 Å². The van der Waals surface area contributed by atoms with Gasteiger partial charge in [-0.3, -0.25) is 9.59 Å². The second-order valence-corrected chi connectivity index (χ2v) is 3.79. The largest absolute Gasteiger partial charge is 0.293 e. The van der Waals surface area contributed by atoms with Gasteiger partial charge in [0.1, 0.15) is 0 Å². The maximum Gasteiger partial charge on any atom is 0.172 e. The number of rotatable bonds is 0. The van der Waals surface area contributed by atoms with Gasteiger partial charge in [0.25, 0.3) is 0 Å². The Hall–Kier alpha value is -0.830. The summed E-state index contributed by atoms with van der Waals surface area (Å²) >= 11 is 1.42. The molecular weight excluding hydrogens is 160 g/mol. The molecule has 0 aromatic heterocycles. The average Bonchev–Trinajstić information content (AvgIpc) is 2.02. The van der Waals surface area contributed by atoms with Crippen LogP contribution in [-0.2, 0) is 9.59 Å². The SMILES string of the molecule is O=C1C=CC2SC1C=CC2=O. The first-order chi connectivity index (χ1) is 5.27. The molecule has 2 aliphatic heterocycles. The monoisotopic (exact) mass is 166 g/mol. The molecule has 0 spiro atoms. The number of hydrogen-bond donors (Lipinski definition) is 0. The Labute approximate surface area is 68.3 Å². The van der Waals surface area contributed by atoms with Crippen molar-refractivity contribution in [3.8, 4) is 0 Å². The number of hydrogen-bond acceptors (Lipinski definition) is 3. The van der Waals surface area contributed by atoms with Gasteiger partial charge in [-0.05, 0) is 12.2 Å². The number of carbonyl (C=O) groups excluding carboxylic acids is 2. The molecule has 2 nitrogen and oxygen atoms in total. The van der Waals surface area contributed by atoms with Gasteiger partial charge in [0.05, 0.1) is 10.5 Å². The summed E-state index contributed by atoms with van der Waals surface area (Å²) in [6, 6.07) is 0. The molecule has 56 valence electrons. The lowest BCUT2D eigenvalue weighted by molar-refractivity contribution is -0.114. The van der Waals surface area contributed by atoms with E-state index in [0.717, 1.165) is 0 Å². The van der Waals surface area contributed by atoms with Crippen LogP contribution in [0.1, 0.15) is 0 Å². The Bertz CT molecular complexity index is 250. The number of thioether (sulfide) groups is 1. The van der Waals surface area contributed by atoms with E-state index in [0.29, 0.717) is 0 Å². The number of carbonyl (C=O) groups is 2. The summed E-state index contributed by atoms with van der Waals surface area (Å²) in [5.74, 6) is 0.185. The van der Waals surface area contributed by atoms with Gasteiger partial charge < -0.3 is 0 Å². The highest BCUT2D eigenvalue weighted by atomic mass is 32.2. The second-order valence-electron chi connectivity index (χ2n) is 2.50. The zero-order chi connectivity index (χ0) is 7.84. The molecule has 0 saturated heterocycles. The fourth-order valence-electron chi connectivity index (χ4n) is 1.13. The molecule has 2 atom stereocenters. The minimum atomic E-state index is -0.109. The van der Waals surface area contributed by atoms with Gasteiger partial charge in [0.15, 0.2) is 11.6 Å². The van der Waals surface area contributed by atoms with E-state index in [2.05, 4.69) is 0 Å². The van der Waals surface area contributed by atoms with Gasteiger partial charge in [-0.15, -0.1) is 11.8 Å². The first-order valence-electron chi connectivity index (χ1n) is 3.37. The van der Waals surface area contributed by atoms with Crippen molar-refractivity contribution in [2.75, 3.05) is 0 Å². The summed E-state index contributed by atoms with van der Waals surface area (Å²) in [7, 11) is 0. The Morgan fingerprint density at radius 3 is 1.91 bits per heavy atom. The first kappa shape index (κ1) is 6.85. The lowest BCUT2D eigenvalue weighted by Crippen LogP contribution is -2.29. The molecule has 2 bridgehead atoms. The third kappa shape index (κ3) is 1.05. The van der Waals surface area contributed by atoms with Gasteiger partial charge in [0.2, 0.25) is 0 Å². The highest BCUT2D eigenvalue weighted by molar-refractivity contribution is 8.02. The first-order valence-corrected chi connectivity index (χ1v) is 4.31. The Kier molecular flexibility index (Phi) is 1.46. The molecule has 2 heterocycles. The summed E-state index contributed by atoms with van der Waals surface area (Å²) < 4.78 is 0. The van der Waals surface area contributed by atoms with Gasteiger partial charge in [0, 0.05) is 0 Å². The summed E-state index contributed by atoms with van der Waals surface area (Å²) in [5, 5.41) is -0.217. The third-order valence-electron chi connectivity index (χ3n) is 1.72. The van der Waals surface area contributed by atoms with Gasteiger partial charge >= 0.3 is 0 Å². The normalized spacial score (nSPS) is 34.5. The zero-order valence-electron chi connectivity index (χ0n) is 5.69. The van der Waals surface area contributed by atoms with Crippen LogP contribution in [0, 0.1) is 0 Å². The number of allylic oxidation sites excluding steroid dienone is 2. The van der Waals surface area contributed by atoms with Crippen LogP contribution >= 0.6 is 11.8 Å². The Morgan fingerprint density at radius 2 is 1.45 bits per heavy atom. The maximum atomic E-state index is 11.0. The van der Waals surface area contributed by atoms with E-state index in [1.165, 1.54) is 23.9 Å². The molecule has 0 amide bonds. The molecule has 2 unspecified atom stereocenters. The Morgan fingerprint density at radius 1 is 1.00 bits per heavy atom. The van der Waals surface area contributed by atoms with Gasteiger partial charge in [-0.1, -0.05) is 12.2 Å². The fourth-order valence-corrected chi connectivity index (χ4v) is 2.21. The van der Waals surface area contributed by atoms with E-state index in [-0.39, 0.29) is 22.1 Å². The summed E-state index contributed by atoms with van der Waals surface area (Å²) in [5.41, 5.74) is 0. The van der Waals surface area contributed by atoms with Crippen LogP contribution in [0.15, 0.2) is 24.3 Å². The predicted molar refractivity (Wildman–Crippen MR) is 43.5 cm³/mol. The minimum absolute atomic E-state index is 0.0926. The van der Waals surface area contributed by atoms with E-state index in [4.69, 9.17) is 0 Å². The second kappa shape index (κ2) is 2.34. The highest BCUT2D eigenvalue weighted by Gasteiger charge is 2.29. The molecule has 3 heteroatoms. The van der Waals surface area contributed by atoms with E-state index < -0.39 is 0 Å². The molecule has 0 aliphatic carbocycles. The van der Waals surface area contributed by atoms with Crippen molar-refractivity contribution >= 4 is 23.3 Å². The standard InChI is InChI=1S/C8H6O2S/c9-5-1-3-7-6(10)2-4-8(5)11-7/h1-4,7-8H. The van der Waals surface area contributed by atoms with Crippen LogP contribution in [0.2, 0.25) is 0 Å². The van der Waals surface area contributed by atoms with Crippen molar-refractivity contribution in [3.63, 3.8) is 0 Å². The van der Waals surface area contributed by atoms with Crippen molar-refractivity contribution in [3.05, 3.63) is 24.3 Å². The minimum Gasteiger partial charge on any atom is -0.293 e. The molecule has 0 aromatic rings. The lowest BCUT2D eigenvalue weighted by atomic mass is 10.1. The molecule has 0 fully saturated rings. The molecule has 0 saturated carbocycles. The molecular formula is C8H6O2S. The smallest absolute Gasteiger partial charge is 0.172 e. The average molecular weight is 166 g/mol. The van der Waals surface area contributed by atoms with Crippen LogP contribution in [0.4, 0.5) is 0 Å². The van der Waals surface area contributed by atoms with Crippen molar-refractivity contribution < 1.29 is 9.59 Å². The van der Waals surface area contributed by atoms with Gasteiger partial charge in [-0.25, -0.2) is 0 Å². The molecule has 0 aromatic carbocycles. The van der Waals surface area contributed by atoms with E-state index >= 15 is 0 Å². The molecule has 2 aliphatic rings. The summed E-state index contributed by atoms with van der Waals surface area (Å²) in [6.07, 6.45) is 6.37. The van der Waals surface area contributed by atoms with Crippen LogP contribution < -0.4 is 0 Å². The topological polar surface area (TPSA) is 34.1 Å². The number of fused-ring (bicyclic) bond motifs is 2. The zero-order valence-corrected chi connectivity index (χ0v) is 6.51. The van der Waals surface area contributed by atoms with Crippen LogP contribution in [0.3, 0.4) is 0 Å². The van der Waals surface area contributed by atoms with Crippen molar-refractivity contribution in [2.24, 2.45) is 0 Å². The van der Waals surface area contributed by atoms with Crippen molar-refractivity contribution in [1.29, 1.82) is 0 Å². The highest BCUT2D eigenvalue weighted by Crippen LogP contribution is 2.30.